The molecule has 0 radical (unpaired) electrons. The average molecular weight is 242 g/mol. The van der Waals surface area contributed by atoms with Gasteiger partial charge < -0.3 is 10.5 Å². The van der Waals surface area contributed by atoms with E-state index >= 15 is 0 Å². The van der Waals surface area contributed by atoms with Gasteiger partial charge in [0.25, 0.3) is 0 Å². The Hall–Kier alpha value is -0.570. The highest BCUT2D eigenvalue weighted by Crippen LogP contribution is 2.22. The van der Waals surface area contributed by atoms with E-state index in [9.17, 15) is 0 Å². The second-order valence-corrected chi connectivity index (χ2v) is 4.26. The maximum absolute atomic E-state index is 5.96. The smallest absolute Gasteiger partial charge is 0.0466 e. The molecule has 1 aromatic carbocycles. The molecule has 1 rings (SSSR count). The van der Waals surface area contributed by atoms with Gasteiger partial charge in [-0.1, -0.05) is 23.7 Å². The zero-order valence-electron chi connectivity index (χ0n) is 9.79. The Bertz CT molecular complexity index is 304. The third-order valence-electron chi connectivity index (χ3n) is 2.65. The van der Waals surface area contributed by atoms with Crippen LogP contribution in [0.2, 0.25) is 5.02 Å². The van der Waals surface area contributed by atoms with Gasteiger partial charge in [-0.15, -0.1) is 0 Å². The van der Waals surface area contributed by atoms with Crippen LogP contribution in [0.1, 0.15) is 31.2 Å². The highest BCUT2D eigenvalue weighted by atomic mass is 35.5. The molecule has 0 amide bonds. The van der Waals surface area contributed by atoms with Crippen molar-refractivity contribution in [3.8, 4) is 0 Å². The number of rotatable bonds is 7. The summed E-state index contributed by atoms with van der Waals surface area (Å²) in [7, 11) is 0. The van der Waals surface area contributed by atoms with Crippen LogP contribution in [-0.4, -0.2) is 19.8 Å². The first-order valence-corrected chi connectivity index (χ1v) is 6.19. The van der Waals surface area contributed by atoms with Gasteiger partial charge in [0, 0.05) is 18.2 Å². The van der Waals surface area contributed by atoms with E-state index in [1.165, 1.54) is 5.56 Å². The predicted molar refractivity (Wildman–Crippen MR) is 69.0 cm³/mol. The van der Waals surface area contributed by atoms with Crippen LogP contribution in [0.25, 0.3) is 0 Å². The first kappa shape index (κ1) is 13.5. The molecule has 0 bridgehead atoms. The minimum atomic E-state index is 0.388. The third-order valence-corrected chi connectivity index (χ3v) is 2.89. The summed E-state index contributed by atoms with van der Waals surface area (Å²) in [5.74, 6) is 0.388. The predicted octanol–water partition coefficient (Wildman–Crippen LogP) is 3.20. The van der Waals surface area contributed by atoms with Crippen molar-refractivity contribution in [1.82, 2.24) is 0 Å². The summed E-state index contributed by atoms with van der Waals surface area (Å²) in [5, 5.41) is 0.778. The van der Waals surface area contributed by atoms with Gasteiger partial charge in [0.15, 0.2) is 0 Å². The van der Waals surface area contributed by atoms with Crippen LogP contribution in [0.15, 0.2) is 24.3 Å². The Morgan fingerprint density at radius 2 is 2.25 bits per heavy atom. The SMILES string of the molecule is CCOCCCC(CN)c1cccc(Cl)c1. The summed E-state index contributed by atoms with van der Waals surface area (Å²) in [6, 6.07) is 7.95. The van der Waals surface area contributed by atoms with Gasteiger partial charge in [-0.05, 0) is 49.9 Å². The molecule has 0 spiro atoms. The van der Waals surface area contributed by atoms with E-state index in [1.54, 1.807) is 0 Å². The van der Waals surface area contributed by atoms with Crippen LogP contribution >= 0.6 is 11.6 Å². The molecule has 0 saturated heterocycles. The van der Waals surface area contributed by atoms with Crippen molar-refractivity contribution >= 4 is 11.6 Å². The number of ether oxygens (including phenoxy) is 1. The molecule has 2 nitrogen and oxygen atoms in total. The van der Waals surface area contributed by atoms with E-state index in [2.05, 4.69) is 6.07 Å². The molecule has 0 fully saturated rings. The van der Waals surface area contributed by atoms with Crippen molar-refractivity contribution in [2.75, 3.05) is 19.8 Å². The lowest BCUT2D eigenvalue weighted by Crippen LogP contribution is -2.13. The molecule has 1 unspecified atom stereocenters. The molecule has 0 aliphatic heterocycles. The molecular formula is C13H20ClNO. The van der Waals surface area contributed by atoms with Gasteiger partial charge in [-0.25, -0.2) is 0 Å². The Balaban J connectivity index is 2.47. The summed E-state index contributed by atoms with van der Waals surface area (Å²) >= 11 is 5.96. The standard InChI is InChI=1S/C13H20ClNO/c1-2-16-8-4-6-12(10-15)11-5-3-7-13(14)9-11/h3,5,7,9,12H,2,4,6,8,10,15H2,1H3. The Morgan fingerprint density at radius 3 is 2.88 bits per heavy atom. The molecule has 16 heavy (non-hydrogen) atoms. The van der Waals surface area contributed by atoms with E-state index in [0.29, 0.717) is 12.5 Å². The largest absolute Gasteiger partial charge is 0.382 e. The fourth-order valence-electron chi connectivity index (χ4n) is 1.76. The van der Waals surface area contributed by atoms with Crippen molar-refractivity contribution in [3.63, 3.8) is 0 Å². The van der Waals surface area contributed by atoms with Gasteiger partial charge >= 0.3 is 0 Å². The Morgan fingerprint density at radius 1 is 1.44 bits per heavy atom. The van der Waals surface area contributed by atoms with Crippen LogP contribution in [0.4, 0.5) is 0 Å². The molecule has 90 valence electrons. The van der Waals surface area contributed by atoms with Crippen molar-refractivity contribution in [1.29, 1.82) is 0 Å². The highest BCUT2D eigenvalue weighted by Gasteiger charge is 2.09. The Labute approximate surface area is 103 Å². The molecule has 1 aromatic rings. The fourth-order valence-corrected chi connectivity index (χ4v) is 1.96. The normalized spacial score (nSPS) is 12.7. The summed E-state index contributed by atoms with van der Waals surface area (Å²) < 4.78 is 5.32. The number of hydrogen-bond acceptors (Lipinski definition) is 2. The van der Waals surface area contributed by atoms with Gasteiger partial charge in [0.05, 0.1) is 0 Å². The second kappa shape index (κ2) is 7.66. The van der Waals surface area contributed by atoms with Gasteiger partial charge in [0.1, 0.15) is 0 Å². The van der Waals surface area contributed by atoms with E-state index < -0.39 is 0 Å². The minimum absolute atomic E-state index is 0.388. The van der Waals surface area contributed by atoms with E-state index in [4.69, 9.17) is 22.1 Å². The number of halogens is 1. The Kier molecular flexibility index (Phi) is 6.46. The zero-order chi connectivity index (χ0) is 11.8. The summed E-state index contributed by atoms with van der Waals surface area (Å²) in [4.78, 5) is 0. The molecule has 0 saturated carbocycles. The van der Waals surface area contributed by atoms with Crippen molar-refractivity contribution in [2.45, 2.75) is 25.7 Å². The average Bonchev–Trinajstić information content (AvgIpc) is 2.29. The summed E-state index contributed by atoms with van der Waals surface area (Å²) in [6.45, 7) is 4.27. The monoisotopic (exact) mass is 241 g/mol. The van der Waals surface area contributed by atoms with Crippen LogP contribution in [-0.2, 0) is 4.74 Å². The molecule has 0 aliphatic carbocycles. The molecule has 2 N–H and O–H groups in total. The first-order valence-electron chi connectivity index (χ1n) is 5.81. The van der Waals surface area contributed by atoms with Crippen LogP contribution in [0.5, 0.6) is 0 Å². The first-order chi connectivity index (χ1) is 7.77. The quantitative estimate of drug-likeness (QED) is 0.744. The van der Waals surface area contributed by atoms with Crippen molar-refractivity contribution < 1.29 is 4.74 Å². The summed E-state index contributed by atoms with van der Waals surface area (Å²) in [6.07, 6.45) is 2.10. The lowest BCUT2D eigenvalue weighted by atomic mass is 9.94. The van der Waals surface area contributed by atoms with E-state index in [1.807, 2.05) is 25.1 Å². The number of benzene rings is 1. The van der Waals surface area contributed by atoms with Crippen LogP contribution in [0, 0.1) is 0 Å². The maximum atomic E-state index is 5.96. The highest BCUT2D eigenvalue weighted by molar-refractivity contribution is 6.30. The summed E-state index contributed by atoms with van der Waals surface area (Å²) in [5.41, 5.74) is 7.01. The lowest BCUT2D eigenvalue weighted by Gasteiger charge is -2.15. The van der Waals surface area contributed by atoms with Crippen molar-refractivity contribution in [3.05, 3.63) is 34.9 Å². The topological polar surface area (TPSA) is 35.2 Å². The van der Waals surface area contributed by atoms with Crippen LogP contribution < -0.4 is 5.73 Å². The maximum Gasteiger partial charge on any atom is 0.0466 e. The minimum Gasteiger partial charge on any atom is -0.382 e. The van der Waals surface area contributed by atoms with E-state index in [0.717, 1.165) is 31.1 Å². The third kappa shape index (κ3) is 4.52. The lowest BCUT2D eigenvalue weighted by molar-refractivity contribution is 0.142. The second-order valence-electron chi connectivity index (χ2n) is 3.83. The number of nitrogens with two attached hydrogens (primary N) is 1. The molecule has 0 aromatic heterocycles. The van der Waals surface area contributed by atoms with Gasteiger partial charge in [0.2, 0.25) is 0 Å². The fraction of sp³-hybridized carbons (Fsp3) is 0.538. The molecule has 0 aliphatic rings. The van der Waals surface area contributed by atoms with Crippen molar-refractivity contribution in [2.24, 2.45) is 5.73 Å². The molecular weight excluding hydrogens is 222 g/mol. The molecule has 0 heterocycles. The van der Waals surface area contributed by atoms with Crippen LogP contribution in [0.3, 0.4) is 0 Å². The number of hydrogen-bond donors (Lipinski definition) is 1. The van der Waals surface area contributed by atoms with Gasteiger partial charge in [-0.3, -0.25) is 0 Å². The molecule has 3 heteroatoms. The van der Waals surface area contributed by atoms with Gasteiger partial charge in [-0.2, -0.15) is 0 Å². The van der Waals surface area contributed by atoms with E-state index in [-0.39, 0.29) is 0 Å². The zero-order valence-corrected chi connectivity index (χ0v) is 10.5. The molecule has 1 atom stereocenters.